The quantitative estimate of drug-likeness (QED) is 0.577. The van der Waals surface area contributed by atoms with Gasteiger partial charge in [0.15, 0.2) is 0 Å². The minimum Gasteiger partial charge on any atom is -0.395 e. The number of alkyl halides is 2. The highest BCUT2D eigenvalue weighted by atomic mass is 32.2. The van der Waals surface area contributed by atoms with E-state index in [4.69, 9.17) is 5.73 Å². The first-order valence-electron chi connectivity index (χ1n) is 3.10. The number of hydrogen-bond donors (Lipinski definition) is 1. The standard InChI is InChI=1S/C7H6F3NS/c8-4-2-1-3-5(6(4)11)12-7(9)10/h1-3,7H,11H2. The summed E-state index contributed by atoms with van der Waals surface area (Å²) >= 11 is 0.241. The zero-order valence-electron chi connectivity index (χ0n) is 5.93. The molecule has 2 N–H and O–H groups in total. The van der Waals surface area contributed by atoms with Crippen molar-refractivity contribution in [2.75, 3.05) is 5.73 Å². The van der Waals surface area contributed by atoms with E-state index in [0.717, 1.165) is 6.07 Å². The van der Waals surface area contributed by atoms with Crippen molar-refractivity contribution in [3.63, 3.8) is 0 Å². The number of benzene rings is 1. The summed E-state index contributed by atoms with van der Waals surface area (Å²) in [6.07, 6.45) is 0. The molecular weight excluding hydrogens is 187 g/mol. The van der Waals surface area contributed by atoms with Gasteiger partial charge in [-0.25, -0.2) is 4.39 Å². The van der Waals surface area contributed by atoms with Gasteiger partial charge in [0.2, 0.25) is 0 Å². The largest absolute Gasteiger partial charge is 0.395 e. The number of rotatable bonds is 2. The Labute approximate surface area is 71.8 Å². The van der Waals surface area contributed by atoms with Crippen molar-refractivity contribution in [2.45, 2.75) is 10.7 Å². The van der Waals surface area contributed by atoms with E-state index >= 15 is 0 Å². The topological polar surface area (TPSA) is 26.0 Å². The van der Waals surface area contributed by atoms with Crippen LogP contribution >= 0.6 is 11.8 Å². The Morgan fingerprint density at radius 3 is 2.58 bits per heavy atom. The molecule has 5 heteroatoms. The minimum absolute atomic E-state index is 0.0741. The van der Waals surface area contributed by atoms with Crippen LogP contribution in [0.1, 0.15) is 0 Å². The average molecular weight is 193 g/mol. The third-order valence-electron chi connectivity index (χ3n) is 1.23. The van der Waals surface area contributed by atoms with E-state index < -0.39 is 11.6 Å². The highest BCUT2D eigenvalue weighted by Crippen LogP contribution is 2.31. The van der Waals surface area contributed by atoms with E-state index in [0.29, 0.717) is 0 Å². The summed E-state index contributed by atoms with van der Waals surface area (Å²) in [5, 5.41) is 0. The van der Waals surface area contributed by atoms with Gasteiger partial charge < -0.3 is 5.73 Å². The summed E-state index contributed by atoms with van der Waals surface area (Å²) in [5.41, 5.74) is 4.98. The van der Waals surface area contributed by atoms with Crippen LogP contribution in [0.4, 0.5) is 18.9 Å². The summed E-state index contributed by atoms with van der Waals surface area (Å²) in [6, 6.07) is 3.83. The summed E-state index contributed by atoms with van der Waals surface area (Å²) in [7, 11) is 0. The first-order valence-corrected chi connectivity index (χ1v) is 3.98. The van der Waals surface area contributed by atoms with Crippen molar-refractivity contribution in [2.24, 2.45) is 0 Å². The molecule has 0 amide bonds. The number of para-hydroxylation sites is 1. The molecule has 0 atom stereocenters. The van der Waals surface area contributed by atoms with Crippen LogP contribution < -0.4 is 5.73 Å². The second-order valence-electron chi connectivity index (χ2n) is 2.03. The molecule has 0 aromatic heterocycles. The molecule has 1 rings (SSSR count). The monoisotopic (exact) mass is 193 g/mol. The number of halogens is 3. The lowest BCUT2D eigenvalue weighted by Gasteiger charge is -2.03. The zero-order chi connectivity index (χ0) is 9.14. The maximum Gasteiger partial charge on any atom is 0.288 e. The van der Waals surface area contributed by atoms with Gasteiger partial charge in [0, 0.05) is 4.90 Å². The van der Waals surface area contributed by atoms with Gasteiger partial charge in [-0.05, 0) is 12.1 Å². The number of nitrogens with two attached hydrogens (primary N) is 1. The second-order valence-corrected chi connectivity index (χ2v) is 3.06. The van der Waals surface area contributed by atoms with Crippen molar-refractivity contribution in [1.82, 2.24) is 0 Å². The Balaban J connectivity index is 2.92. The van der Waals surface area contributed by atoms with Crippen molar-refractivity contribution in [3.8, 4) is 0 Å². The molecule has 0 radical (unpaired) electrons. The Kier molecular flexibility index (Phi) is 2.86. The number of nitrogen functional groups attached to an aromatic ring is 1. The molecule has 0 aliphatic carbocycles. The molecule has 0 saturated carbocycles. The molecule has 1 nitrogen and oxygen atoms in total. The van der Waals surface area contributed by atoms with Crippen LogP contribution in [0, 0.1) is 5.82 Å². The fourth-order valence-corrected chi connectivity index (χ4v) is 1.29. The molecule has 0 aliphatic rings. The number of anilines is 1. The number of thioether (sulfide) groups is 1. The minimum atomic E-state index is -2.57. The van der Waals surface area contributed by atoms with E-state index in [1.54, 1.807) is 0 Å². The maximum atomic E-state index is 12.6. The van der Waals surface area contributed by atoms with Crippen molar-refractivity contribution in [1.29, 1.82) is 0 Å². The molecule has 0 unspecified atom stereocenters. The lowest BCUT2D eigenvalue weighted by atomic mass is 10.3. The van der Waals surface area contributed by atoms with Gasteiger partial charge in [-0.3, -0.25) is 0 Å². The van der Waals surface area contributed by atoms with E-state index in [-0.39, 0.29) is 22.3 Å². The van der Waals surface area contributed by atoms with Crippen molar-refractivity contribution < 1.29 is 13.2 Å². The lowest BCUT2D eigenvalue weighted by Crippen LogP contribution is -1.94. The Hall–Kier alpha value is -0.840. The molecular formula is C7H6F3NS. The van der Waals surface area contributed by atoms with Crippen molar-refractivity contribution >= 4 is 17.4 Å². The van der Waals surface area contributed by atoms with Gasteiger partial charge in [0.25, 0.3) is 5.76 Å². The first kappa shape index (κ1) is 9.25. The maximum absolute atomic E-state index is 12.6. The fraction of sp³-hybridized carbons (Fsp3) is 0.143. The van der Waals surface area contributed by atoms with E-state index in [2.05, 4.69) is 0 Å². The van der Waals surface area contributed by atoms with Crippen LogP contribution in [0.3, 0.4) is 0 Å². The SMILES string of the molecule is Nc1c(F)cccc1SC(F)F. The third kappa shape index (κ3) is 2.07. The van der Waals surface area contributed by atoms with Crippen LogP contribution in [-0.4, -0.2) is 5.76 Å². The third-order valence-corrected chi connectivity index (χ3v) is 2.02. The van der Waals surface area contributed by atoms with Crippen molar-refractivity contribution in [3.05, 3.63) is 24.0 Å². The predicted octanol–water partition coefficient (Wildman–Crippen LogP) is 2.72. The normalized spacial score (nSPS) is 10.7. The molecule has 1 aromatic rings. The first-order chi connectivity index (χ1) is 5.61. The predicted molar refractivity (Wildman–Crippen MR) is 42.7 cm³/mol. The van der Waals surface area contributed by atoms with Gasteiger partial charge in [-0.2, -0.15) is 8.78 Å². The van der Waals surface area contributed by atoms with Gasteiger partial charge in [-0.15, -0.1) is 0 Å². The van der Waals surface area contributed by atoms with Gasteiger partial charge in [0.05, 0.1) is 5.69 Å². The number of hydrogen-bond acceptors (Lipinski definition) is 2. The van der Waals surface area contributed by atoms with Gasteiger partial charge in [-0.1, -0.05) is 17.8 Å². The second kappa shape index (κ2) is 3.71. The lowest BCUT2D eigenvalue weighted by molar-refractivity contribution is 0.252. The highest BCUT2D eigenvalue weighted by Gasteiger charge is 2.10. The van der Waals surface area contributed by atoms with Gasteiger partial charge in [0.1, 0.15) is 5.82 Å². The van der Waals surface area contributed by atoms with Crippen LogP contribution in [0.2, 0.25) is 0 Å². The molecule has 0 bridgehead atoms. The van der Waals surface area contributed by atoms with Crippen LogP contribution in [0.15, 0.2) is 23.1 Å². The van der Waals surface area contributed by atoms with Crippen LogP contribution in [0.5, 0.6) is 0 Å². The Morgan fingerprint density at radius 1 is 1.33 bits per heavy atom. The molecule has 1 aromatic carbocycles. The van der Waals surface area contributed by atoms with E-state index in [1.807, 2.05) is 0 Å². The molecule has 0 saturated heterocycles. The van der Waals surface area contributed by atoms with Crippen LogP contribution in [0.25, 0.3) is 0 Å². The fourth-order valence-electron chi connectivity index (χ4n) is 0.716. The summed E-state index contributed by atoms with van der Waals surface area (Å²) < 4.78 is 36.3. The smallest absolute Gasteiger partial charge is 0.288 e. The molecule has 66 valence electrons. The Morgan fingerprint density at radius 2 is 2.00 bits per heavy atom. The van der Waals surface area contributed by atoms with E-state index in [9.17, 15) is 13.2 Å². The summed E-state index contributed by atoms with van der Waals surface area (Å²) in [5.74, 6) is -3.24. The molecule has 12 heavy (non-hydrogen) atoms. The van der Waals surface area contributed by atoms with Crippen LogP contribution in [-0.2, 0) is 0 Å². The molecule has 0 aliphatic heterocycles. The molecule has 0 fully saturated rings. The molecule has 0 spiro atoms. The molecule has 0 heterocycles. The van der Waals surface area contributed by atoms with E-state index in [1.165, 1.54) is 12.1 Å². The average Bonchev–Trinajstić information content (AvgIpc) is 1.98. The zero-order valence-corrected chi connectivity index (χ0v) is 6.75. The Bertz CT molecular complexity index is 277. The highest BCUT2D eigenvalue weighted by molar-refractivity contribution is 7.99. The van der Waals surface area contributed by atoms with Gasteiger partial charge >= 0.3 is 0 Å². The summed E-state index contributed by atoms with van der Waals surface area (Å²) in [6.45, 7) is 0. The summed E-state index contributed by atoms with van der Waals surface area (Å²) in [4.78, 5) is 0.0741.